The average Bonchev–Trinajstić information content (AvgIpc) is 3.42. The van der Waals surface area contributed by atoms with Crippen LogP contribution in [-0.4, -0.2) is 14.1 Å². The molecular weight excluding hydrogens is 414 g/mol. The van der Waals surface area contributed by atoms with E-state index in [4.69, 9.17) is 10.5 Å². The zero-order valence-corrected chi connectivity index (χ0v) is 18.5. The molecule has 166 valence electrons. The summed E-state index contributed by atoms with van der Waals surface area (Å²) in [6.45, 7) is 0.761. The molecule has 2 aromatic heterocycles. The fourth-order valence-electron chi connectivity index (χ4n) is 4.75. The van der Waals surface area contributed by atoms with Gasteiger partial charge in [-0.3, -0.25) is 9.13 Å². The van der Waals surface area contributed by atoms with E-state index in [1.165, 1.54) is 25.7 Å². The number of hydrogen-bond donors (Lipinski definition) is 1. The fourth-order valence-corrected chi connectivity index (χ4v) is 4.75. The lowest BCUT2D eigenvalue weighted by Crippen LogP contribution is -2.24. The molecule has 1 aliphatic carbocycles. The Hall–Kier alpha value is -4.05. The largest absolute Gasteiger partial charge is 0.457 e. The third kappa shape index (κ3) is 3.96. The molecule has 0 spiro atoms. The molecule has 1 saturated carbocycles. The van der Waals surface area contributed by atoms with E-state index < -0.39 is 0 Å². The van der Waals surface area contributed by atoms with E-state index in [0.717, 1.165) is 28.7 Å². The number of rotatable bonds is 5. The van der Waals surface area contributed by atoms with Crippen LogP contribution in [0.25, 0.3) is 22.2 Å². The van der Waals surface area contributed by atoms with Gasteiger partial charge in [0.15, 0.2) is 0 Å². The van der Waals surface area contributed by atoms with Crippen molar-refractivity contribution in [2.24, 2.45) is 13.0 Å². The Labute approximate surface area is 191 Å². The standard InChI is InChI=1S/C26H25N5O2/c1-30-24-12-18(7-9-23(24)31(26(30)32)16-17-4-2-3-5-17)22-13-20(8-6-19(22)15-27)33-21-10-11-29-25(28)14-21/h6-14,17H,2-5,16H2,1H3,(H2,28,29). The Kier molecular flexibility index (Phi) is 5.35. The first-order valence-electron chi connectivity index (χ1n) is 11.2. The molecule has 0 atom stereocenters. The van der Waals surface area contributed by atoms with E-state index in [1.54, 1.807) is 42.1 Å². The van der Waals surface area contributed by atoms with Gasteiger partial charge in [-0.05, 0) is 60.7 Å². The fraction of sp³-hybridized carbons (Fsp3) is 0.269. The summed E-state index contributed by atoms with van der Waals surface area (Å²) in [4.78, 5) is 16.9. The van der Waals surface area contributed by atoms with Crippen molar-refractivity contribution in [1.29, 1.82) is 5.26 Å². The van der Waals surface area contributed by atoms with Gasteiger partial charge in [0.2, 0.25) is 0 Å². The minimum atomic E-state index is 0.00177. The summed E-state index contributed by atoms with van der Waals surface area (Å²) in [5.74, 6) is 2.09. The maximum absolute atomic E-state index is 13.0. The van der Waals surface area contributed by atoms with Gasteiger partial charge in [-0.15, -0.1) is 0 Å². The normalized spacial score (nSPS) is 13.9. The molecule has 1 fully saturated rings. The van der Waals surface area contributed by atoms with Gasteiger partial charge in [0.05, 0.1) is 22.7 Å². The minimum absolute atomic E-state index is 0.00177. The van der Waals surface area contributed by atoms with Crippen molar-refractivity contribution in [2.75, 3.05) is 5.73 Å². The number of imidazole rings is 1. The molecule has 0 bridgehead atoms. The number of pyridine rings is 1. The highest BCUT2D eigenvalue weighted by Crippen LogP contribution is 2.33. The molecule has 1 aliphatic rings. The van der Waals surface area contributed by atoms with Crippen LogP contribution in [0.15, 0.2) is 59.5 Å². The summed E-state index contributed by atoms with van der Waals surface area (Å²) < 4.78 is 9.53. The van der Waals surface area contributed by atoms with Crippen molar-refractivity contribution in [3.63, 3.8) is 0 Å². The molecule has 33 heavy (non-hydrogen) atoms. The van der Waals surface area contributed by atoms with E-state index in [0.29, 0.717) is 28.8 Å². The van der Waals surface area contributed by atoms with Gasteiger partial charge in [-0.25, -0.2) is 9.78 Å². The van der Waals surface area contributed by atoms with Gasteiger partial charge in [0.1, 0.15) is 17.3 Å². The number of hydrogen-bond acceptors (Lipinski definition) is 5. The van der Waals surface area contributed by atoms with Gasteiger partial charge < -0.3 is 10.5 Å². The highest BCUT2D eigenvalue weighted by molar-refractivity contribution is 5.84. The molecule has 0 amide bonds. The summed E-state index contributed by atoms with van der Waals surface area (Å²) in [7, 11) is 1.80. The smallest absolute Gasteiger partial charge is 0.328 e. The molecular formula is C26H25N5O2. The number of nitrogen functional groups attached to an aromatic ring is 1. The van der Waals surface area contributed by atoms with Gasteiger partial charge in [-0.1, -0.05) is 18.9 Å². The van der Waals surface area contributed by atoms with Crippen molar-refractivity contribution in [3.05, 3.63) is 70.8 Å². The number of anilines is 1. The predicted molar refractivity (Wildman–Crippen MR) is 128 cm³/mol. The Morgan fingerprint density at radius 2 is 1.88 bits per heavy atom. The lowest BCUT2D eigenvalue weighted by Gasteiger charge is -2.11. The Bertz CT molecular complexity index is 1440. The zero-order valence-electron chi connectivity index (χ0n) is 18.5. The van der Waals surface area contributed by atoms with E-state index >= 15 is 0 Å². The molecule has 2 N–H and O–H groups in total. The number of fused-ring (bicyclic) bond motifs is 1. The van der Waals surface area contributed by atoms with Gasteiger partial charge >= 0.3 is 5.69 Å². The molecule has 0 unspecified atom stereocenters. The van der Waals surface area contributed by atoms with Crippen LogP contribution in [0, 0.1) is 17.2 Å². The average molecular weight is 440 g/mol. The van der Waals surface area contributed by atoms with Crippen LogP contribution < -0.4 is 16.2 Å². The monoisotopic (exact) mass is 439 g/mol. The van der Waals surface area contributed by atoms with E-state index in [2.05, 4.69) is 11.1 Å². The molecule has 4 aromatic rings. The molecule has 2 aromatic carbocycles. The lowest BCUT2D eigenvalue weighted by molar-refractivity contribution is 0.453. The first-order chi connectivity index (χ1) is 16.0. The summed E-state index contributed by atoms with van der Waals surface area (Å²) in [5, 5.41) is 9.70. The topological polar surface area (TPSA) is 98.9 Å². The number of nitrogens with two attached hydrogens (primary N) is 1. The Morgan fingerprint density at radius 3 is 2.64 bits per heavy atom. The number of ether oxygens (including phenoxy) is 1. The number of nitrogens with zero attached hydrogens (tertiary/aromatic N) is 4. The van der Waals surface area contributed by atoms with Crippen LogP contribution in [-0.2, 0) is 13.6 Å². The number of benzene rings is 2. The second-order valence-electron chi connectivity index (χ2n) is 8.64. The van der Waals surface area contributed by atoms with E-state index in [9.17, 15) is 10.1 Å². The summed E-state index contributed by atoms with van der Waals surface area (Å²) in [5.41, 5.74) is 9.66. The van der Waals surface area contributed by atoms with Crippen molar-refractivity contribution in [1.82, 2.24) is 14.1 Å². The Morgan fingerprint density at radius 1 is 1.09 bits per heavy atom. The zero-order chi connectivity index (χ0) is 22.9. The lowest BCUT2D eigenvalue weighted by atomic mass is 9.99. The van der Waals surface area contributed by atoms with E-state index in [-0.39, 0.29) is 5.69 Å². The highest BCUT2D eigenvalue weighted by atomic mass is 16.5. The van der Waals surface area contributed by atoms with Crippen molar-refractivity contribution in [3.8, 4) is 28.7 Å². The molecule has 0 aliphatic heterocycles. The number of aryl methyl sites for hydroxylation is 1. The van der Waals surface area contributed by atoms with Crippen molar-refractivity contribution < 1.29 is 4.74 Å². The van der Waals surface area contributed by atoms with Crippen LogP contribution in [0.1, 0.15) is 31.2 Å². The van der Waals surface area contributed by atoms with Gasteiger partial charge in [0.25, 0.3) is 0 Å². The van der Waals surface area contributed by atoms with Gasteiger partial charge in [0, 0.05) is 31.4 Å². The third-order valence-electron chi connectivity index (χ3n) is 6.47. The summed E-state index contributed by atoms with van der Waals surface area (Å²) >= 11 is 0. The summed E-state index contributed by atoms with van der Waals surface area (Å²) in [6, 6.07) is 16.9. The first-order valence-corrected chi connectivity index (χ1v) is 11.2. The summed E-state index contributed by atoms with van der Waals surface area (Å²) in [6.07, 6.45) is 6.44. The van der Waals surface area contributed by atoms with Gasteiger partial charge in [-0.2, -0.15) is 5.26 Å². The second-order valence-corrected chi connectivity index (χ2v) is 8.64. The quantitative estimate of drug-likeness (QED) is 0.480. The van der Waals surface area contributed by atoms with Crippen LogP contribution in [0.2, 0.25) is 0 Å². The molecule has 5 rings (SSSR count). The van der Waals surface area contributed by atoms with Crippen molar-refractivity contribution >= 4 is 16.9 Å². The maximum Gasteiger partial charge on any atom is 0.328 e. The predicted octanol–water partition coefficient (Wildman–Crippen LogP) is 4.84. The Balaban J connectivity index is 1.55. The molecule has 0 radical (unpaired) electrons. The molecule has 2 heterocycles. The van der Waals surface area contributed by atoms with E-state index in [1.807, 2.05) is 28.8 Å². The van der Waals surface area contributed by atoms with Crippen LogP contribution in [0.5, 0.6) is 11.5 Å². The van der Waals surface area contributed by atoms with Crippen molar-refractivity contribution in [2.45, 2.75) is 32.2 Å². The van der Waals surface area contributed by atoms with Crippen LogP contribution >= 0.6 is 0 Å². The molecule has 7 heteroatoms. The third-order valence-corrected chi connectivity index (χ3v) is 6.47. The maximum atomic E-state index is 13.0. The number of aromatic nitrogens is 3. The van der Waals surface area contributed by atoms with Crippen LogP contribution in [0.4, 0.5) is 5.82 Å². The highest BCUT2D eigenvalue weighted by Gasteiger charge is 2.20. The molecule has 0 saturated heterocycles. The first kappa shape index (κ1) is 20.8. The minimum Gasteiger partial charge on any atom is -0.457 e. The SMILES string of the molecule is Cn1c(=O)n(CC2CCCC2)c2ccc(-c3cc(Oc4ccnc(N)c4)ccc3C#N)cc21. The number of nitriles is 1. The second kappa shape index (κ2) is 8.47. The molecule has 7 nitrogen and oxygen atoms in total. The van der Waals surface area contributed by atoms with Crippen LogP contribution in [0.3, 0.4) is 0 Å².